The maximum Gasteiger partial charge on any atom is 0.342 e. The van der Waals surface area contributed by atoms with Crippen molar-refractivity contribution in [2.75, 3.05) is 37.6 Å². The van der Waals surface area contributed by atoms with Crippen molar-refractivity contribution >= 4 is 35.1 Å². The Morgan fingerprint density at radius 1 is 1.03 bits per heavy atom. The van der Waals surface area contributed by atoms with Crippen LogP contribution in [0.2, 0.25) is 5.15 Å². The lowest BCUT2D eigenvalue weighted by Gasteiger charge is -2.36. The van der Waals surface area contributed by atoms with Gasteiger partial charge in [-0.15, -0.1) is 0 Å². The van der Waals surface area contributed by atoms with Gasteiger partial charge in [-0.3, -0.25) is 19.8 Å². The highest BCUT2D eigenvalue weighted by Crippen LogP contribution is 2.28. The van der Waals surface area contributed by atoms with Crippen LogP contribution in [-0.4, -0.2) is 70.5 Å². The van der Waals surface area contributed by atoms with Gasteiger partial charge in [-0.05, 0) is 23.3 Å². The van der Waals surface area contributed by atoms with E-state index >= 15 is 0 Å². The Kier molecular flexibility index (Phi) is 5.63. The zero-order valence-electron chi connectivity index (χ0n) is 17.8. The number of fused-ring (bicyclic) bond motifs is 1. The van der Waals surface area contributed by atoms with Crippen molar-refractivity contribution in [3.05, 3.63) is 58.1 Å². The van der Waals surface area contributed by atoms with Gasteiger partial charge in [0.1, 0.15) is 0 Å². The fraction of sp³-hybridized carbons (Fsp3) is 0.364. The molecule has 33 heavy (non-hydrogen) atoms. The maximum atomic E-state index is 14.3. The van der Waals surface area contributed by atoms with Crippen molar-refractivity contribution in [3.63, 3.8) is 0 Å². The van der Waals surface area contributed by atoms with Crippen LogP contribution in [0, 0.1) is 5.82 Å². The number of amides is 4. The van der Waals surface area contributed by atoms with Gasteiger partial charge in [0.15, 0.2) is 11.0 Å². The van der Waals surface area contributed by atoms with Gasteiger partial charge in [-0.1, -0.05) is 23.7 Å². The molecule has 0 atom stereocenters. The third-order valence-electron chi connectivity index (χ3n) is 6.22. The minimum Gasteiger partial charge on any atom is -0.366 e. The summed E-state index contributed by atoms with van der Waals surface area (Å²) in [6, 6.07) is 6.78. The standard InChI is InChI=1S/C22H22ClFN6O3/c23-20-19(24)17(3-5-25-20)28-9-7-27(8-10-28)12-14-1-2-16-15(11-14)13-30(21(16)32)29-6-4-18(31)26-22(29)33/h1-3,5,11H,4,6-10,12-13H2,(H,26,31,33). The summed E-state index contributed by atoms with van der Waals surface area (Å²) in [6.45, 7) is 4.01. The molecule has 1 aromatic heterocycles. The Bertz CT molecular complexity index is 1140. The Hall–Kier alpha value is -3.24. The van der Waals surface area contributed by atoms with E-state index in [2.05, 4.69) is 15.2 Å². The summed E-state index contributed by atoms with van der Waals surface area (Å²) in [5, 5.41) is 4.82. The number of nitrogens with zero attached hydrogens (tertiary/aromatic N) is 5. The number of rotatable bonds is 4. The quantitative estimate of drug-likeness (QED) is 0.685. The molecule has 0 radical (unpaired) electrons. The molecule has 1 N–H and O–H groups in total. The first-order valence-corrected chi connectivity index (χ1v) is 11.1. The second-order valence-electron chi connectivity index (χ2n) is 8.28. The molecular weight excluding hydrogens is 451 g/mol. The molecule has 3 aliphatic heterocycles. The highest BCUT2D eigenvalue weighted by atomic mass is 35.5. The smallest absolute Gasteiger partial charge is 0.342 e. The summed E-state index contributed by atoms with van der Waals surface area (Å²) >= 11 is 5.81. The molecule has 5 rings (SSSR count). The van der Waals surface area contributed by atoms with Gasteiger partial charge in [0, 0.05) is 50.9 Å². The molecule has 0 unspecified atom stereocenters. The minimum absolute atomic E-state index is 0.120. The summed E-state index contributed by atoms with van der Waals surface area (Å²) in [7, 11) is 0. The Morgan fingerprint density at radius 2 is 1.82 bits per heavy atom. The number of urea groups is 1. The van der Waals surface area contributed by atoms with Gasteiger partial charge < -0.3 is 4.90 Å². The van der Waals surface area contributed by atoms with E-state index in [0.717, 1.165) is 24.2 Å². The van der Waals surface area contributed by atoms with Crippen LogP contribution in [0.1, 0.15) is 27.9 Å². The zero-order chi connectivity index (χ0) is 23.1. The zero-order valence-corrected chi connectivity index (χ0v) is 18.5. The van der Waals surface area contributed by atoms with Gasteiger partial charge in [0.2, 0.25) is 5.91 Å². The van der Waals surface area contributed by atoms with Crippen LogP contribution < -0.4 is 10.2 Å². The van der Waals surface area contributed by atoms with Crippen LogP contribution in [0.15, 0.2) is 30.5 Å². The van der Waals surface area contributed by atoms with Crippen molar-refractivity contribution in [1.82, 2.24) is 25.2 Å². The number of aromatic nitrogens is 1. The van der Waals surface area contributed by atoms with Gasteiger partial charge in [-0.2, -0.15) is 0 Å². The predicted octanol–water partition coefficient (Wildman–Crippen LogP) is 2.01. The van der Waals surface area contributed by atoms with Gasteiger partial charge in [0.05, 0.1) is 18.8 Å². The summed E-state index contributed by atoms with van der Waals surface area (Å²) in [4.78, 5) is 44.4. The summed E-state index contributed by atoms with van der Waals surface area (Å²) in [6.07, 6.45) is 1.67. The molecule has 0 saturated carbocycles. The number of pyridine rings is 1. The molecule has 11 heteroatoms. The molecule has 0 spiro atoms. The first kappa shape index (κ1) is 21.6. The average Bonchev–Trinajstić information content (AvgIpc) is 3.12. The Morgan fingerprint density at radius 3 is 2.58 bits per heavy atom. The van der Waals surface area contributed by atoms with Crippen molar-refractivity contribution in [2.24, 2.45) is 0 Å². The Balaban J connectivity index is 1.22. The lowest BCUT2D eigenvalue weighted by atomic mass is 10.1. The molecule has 172 valence electrons. The number of hydrogen-bond acceptors (Lipinski definition) is 6. The summed E-state index contributed by atoms with van der Waals surface area (Å²) in [5.74, 6) is -1.07. The molecule has 9 nitrogen and oxygen atoms in total. The van der Waals surface area contributed by atoms with Gasteiger partial charge >= 0.3 is 6.03 Å². The van der Waals surface area contributed by atoms with E-state index in [1.165, 1.54) is 16.2 Å². The van der Waals surface area contributed by atoms with Crippen LogP contribution in [0.3, 0.4) is 0 Å². The van der Waals surface area contributed by atoms with Crippen LogP contribution in [0.25, 0.3) is 0 Å². The molecule has 4 heterocycles. The number of piperazine rings is 1. The summed E-state index contributed by atoms with van der Waals surface area (Å²) < 4.78 is 14.3. The highest BCUT2D eigenvalue weighted by molar-refractivity contribution is 6.29. The number of nitrogens with one attached hydrogen (secondary N) is 1. The lowest BCUT2D eigenvalue weighted by molar-refractivity contribution is -0.123. The van der Waals surface area contributed by atoms with Crippen LogP contribution in [-0.2, 0) is 17.9 Å². The Labute approximate surface area is 194 Å². The van der Waals surface area contributed by atoms with Gasteiger partial charge in [0.25, 0.3) is 5.91 Å². The SMILES string of the molecule is O=C1CCN(N2Cc3cc(CN4CCN(c5ccnc(Cl)c5F)CC4)ccc3C2=O)C(=O)N1. The number of hydrazine groups is 1. The molecule has 1 aromatic carbocycles. The van der Waals surface area contributed by atoms with E-state index in [1.807, 2.05) is 17.0 Å². The van der Waals surface area contributed by atoms with Crippen LogP contribution in [0.5, 0.6) is 0 Å². The first-order valence-electron chi connectivity index (χ1n) is 10.7. The van der Waals surface area contributed by atoms with Crippen molar-refractivity contribution in [3.8, 4) is 0 Å². The van der Waals surface area contributed by atoms with Crippen molar-refractivity contribution in [1.29, 1.82) is 0 Å². The third kappa shape index (κ3) is 4.11. The van der Waals surface area contributed by atoms with Crippen LogP contribution >= 0.6 is 11.6 Å². The third-order valence-corrected chi connectivity index (χ3v) is 6.49. The lowest BCUT2D eigenvalue weighted by Crippen LogP contribution is -2.56. The van der Waals surface area contributed by atoms with Gasteiger partial charge in [-0.25, -0.2) is 24.2 Å². The normalized spacial score (nSPS) is 19.2. The number of imide groups is 1. The fourth-order valence-corrected chi connectivity index (χ4v) is 4.65. The van der Waals surface area contributed by atoms with E-state index in [-0.39, 0.29) is 29.9 Å². The largest absolute Gasteiger partial charge is 0.366 e. The second kappa shape index (κ2) is 8.60. The van der Waals surface area contributed by atoms with E-state index in [1.54, 1.807) is 12.1 Å². The monoisotopic (exact) mass is 472 g/mol. The molecule has 3 aliphatic rings. The number of halogens is 2. The van der Waals surface area contributed by atoms with E-state index in [9.17, 15) is 18.8 Å². The topological polar surface area (TPSA) is 89.1 Å². The van der Waals surface area contributed by atoms with E-state index in [4.69, 9.17) is 11.6 Å². The number of carbonyl (C=O) groups is 3. The highest BCUT2D eigenvalue weighted by Gasteiger charge is 2.37. The van der Waals surface area contributed by atoms with E-state index < -0.39 is 11.8 Å². The summed E-state index contributed by atoms with van der Waals surface area (Å²) in [5.41, 5.74) is 2.95. The molecule has 0 bridgehead atoms. The molecular formula is C22H22ClFN6O3. The first-order chi connectivity index (χ1) is 15.9. The molecule has 2 aromatic rings. The molecule has 2 fully saturated rings. The average molecular weight is 473 g/mol. The predicted molar refractivity (Wildman–Crippen MR) is 118 cm³/mol. The second-order valence-corrected chi connectivity index (χ2v) is 8.64. The van der Waals surface area contributed by atoms with E-state index in [0.29, 0.717) is 37.4 Å². The molecule has 4 amide bonds. The number of anilines is 1. The maximum absolute atomic E-state index is 14.3. The van der Waals surface area contributed by atoms with Crippen molar-refractivity contribution in [2.45, 2.75) is 19.5 Å². The minimum atomic E-state index is -0.572. The number of carbonyl (C=O) groups excluding carboxylic acids is 3. The molecule has 2 saturated heterocycles. The van der Waals surface area contributed by atoms with Crippen molar-refractivity contribution < 1.29 is 18.8 Å². The molecule has 0 aliphatic carbocycles. The number of benzene rings is 1. The fourth-order valence-electron chi connectivity index (χ4n) is 4.50. The van der Waals surface area contributed by atoms with Crippen LogP contribution in [0.4, 0.5) is 14.9 Å². The number of hydrogen-bond donors (Lipinski definition) is 1.